The molecule has 0 saturated carbocycles. The molecule has 7 nitrogen and oxygen atoms in total. The van der Waals surface area contributed by atoms with Gasteiger partial charge in [0.2, 0.25) is 0 Å². The molecule has 0 bridgehead atoms. The zero-order chi connectivity index (χ0) is 27.2. The summed E-state index contributed by atoms with van der Waals surface area (Å²) in [5.41, 5.74) is 0. The van der Waals surface area contributed by atoms with Crippen LogP contribution in [0.4, 0.5) is 0 Å². The van der Waals surface area contributed by atoms with Gasteiger partial charge in [-0.1, -0.05) is 91.9 Å². The van der Waals surface area contributed by atoms with Crippen LogP contribution in [0.5, 0.6) is 0 Å². The number of unbranched alkanes of at least 4 members (excludes halogenated alkanes) is 9. The van der Waals surface area contributed by atoms with Crippen molar-refractivity contribution in [2.75, 3.05) is 13.2 Å². The third kappa shape index (κ3) is 43.6. The number of carbonyl (C=O) groups is 3. The summed E-state index contributed by atoms with van der Waals surface area (Å²) >= 11 is -0.750. The number of rotatable bonds is 21. The van der Waals surface area contributed by atoms with Crippen LogP contribution in [-0.4, -0.2) is 41.0 Å². The Morgan fingerprint density at radius 3 is 1.19 bits per heavy atom. The molecule has 0 spiro atoms. The minimum Gasteiger partial charge on any atom is -0.811 e. The summed E-state index contributed by atoms with van der Waals surface area (Å²) in [4.78, 5) is 31.4. The minimum absolute atomic E-state index is 0. The molecule has 0 fully saturated rings. The Labute approximate surface area is 238 Å². The summed E-state index contributed by atoms with van der Waals surface area (Å²) < 4.78 is 27.1. The van der Waals surface area contributed by atoms with E-state index < -0.39 is 12.3 Å². The Morgan fingerprint density at radius 2 is 0.889 bits per heavy atom. The molecule has 0 rings (SSSR count). The molecule has 0 aliphatic carbocycles. The van der Waals surface area contributed by atoms with Gasteiger partial charge in [-0.05, 0) is 37.5 Å². The van der Waals surface area contributed by atoms with E-state index in [0.717, 1.165) is 37.5 Å². The molecule has 36 heavy (non-hydrogen) atoms. The van der Waals surface area contributed by atoms with Crippen LogP contribution in [0.1, 0.15) is 130 Å². The third-order valence-electron chi connectivity index (χ3n) is 5.39. The second kappa shape index (κ2) is 36.7. The van der Waals surface area contributed by atoms with Crippen molar-refractivity contribution in [2.45, 2.75) is 130 Å². The van der Waals surface area contributed by atoms with Crippen LogP contribution in [0, 0.1) is 11.8 Å². The van der Waals surface area contributed by atoms with Crippen LogP contribution >= 0.6 is 12.3 Å². The second-order valence-corrected chi connectivity index (χ2v) is 9.75. The largest absolute Gasteiger partial charge is 2.00 e. The first-order chi connectivity index (χ1) is 16.8. The molecule has 0 aromatic carbocycles. The number of carbonyl (C=O) groups excluding carboxylic acids is 3. The van der Waals surface area contributed by atoms with E-state index in [1.54, 1.807) is 0 Å². The van der Waals surface area contributed by atoms with Crippen molar-refractivity contribution in [3.05, 3.63) is 0 Å². The molecule has 0 aromatic rings. The molecular weight excluding hydrogens is 534 g/mol. The van der Waals surface area contributed by atoms with Gasteiger partial charge < -0.3 is 35.7 Å². The number of ether oxygens (including phenoxy) is 2. The maximum Gasteiger partial charge on any atom is 2.00 e. The van der Waals surface area contributed by atoms with Crippen LogP contribution in [0.3, 0.4) is 0 Å². The van der Waals surface area contributed by atoms with Gasteiger partial charge in [0.05, 0.1) is 13.2 Å². The van der Waals surface area contributed by atoms with Gasteiger partial charge in [-0.25, -0.2) is 0 Å². The van der Waals surface area contributed by atoms with Crippen molar-refractivity contribution in [1.82, 2.24) is 0 Å². The van der Waals surface area contributed by atoms with E-state index in [1.165, 1.54) is 51.4 Å². The molecule has 0 aliphatic rings. The molecular formula is C27H52O7SZn. The standard InChI is InChI=1S/C26H50O4.CH2O.H2O2S.Zn/c1-23(2)17-11-7-5-9-15-21-29-25(27)19-13-14-20-26(28)30-22-16-10-6-8-12-18-24(3)4;1-2;1-3-2;/h23-24H,5-22H2,1-4H3;1H2;1-2H;/q;;;+2/p-2. The van der Waals surface area contributed by atoms with E-state index in [2.05, 4.69) is 27.7 Å². The average molecular weight is 586 g/mol. The fourth-order valence-electron chi connectivity index (χ4n) is 3.42. The summed E-state index contributed by atoms with van der Waals surface area (Å²) in [6.45, 7) is 12.1. The predicted molar refractivity (Wildman–Crippen MR) is 142 cm³/mol. The van der Waals surface area contributed by atoms with E-state index in [-0.39, 0.29) is 31.4 Å². The summed E-state index contributed by atoms with van der Waals surface area (Å²) in [7, 11) is 0. The van der Waals surface area contributed by atoms with Crippen LogP contribution in [0.25, 0.3) is 0 Å². The quantitative estimate of drug-likeness (QED) is 0.0591. The molecule has 0 radical (unpaired) electrons. The molecule has 210 valence electrons. The first kappa shape index (κ1) is 42.6. The first-order valence-electron chi connectivity index (χ1n) is 13.3. The van der Waals surface area contributed by atoms with Crippen molar-refractivity contribution in [3.8, 4) is 0 Å². The monoisotopic (exact) mass is 584 g/mol. The van der Waals surface area contributed by atoms with E-state index in [1.807, 2.05) is 6.79 Å². The van der Waals surface area contributed by atoms with Crippen LogP contribution in [-0.2, 0) is 43.3 Å². The molecule has 0 N–H and O–H groups in total. The van der Waals surface area contributed by atoms with Gasteiger partial charge in [0, 0.05) is 12.8 Å². The normalized spacial score (nSPS) is 10.0. The van der Waals surface area contributed by atoms with Gasteiger partial charge >= 0.3 is 31.4 Å². The van der Waals surface area contributed by atoms with Crippen LogP contribution < -0.4 is 0 Å². The van der Waals surface area contributed by atoms with Gasteiger partial charge in [-0.15, -0.1) is 0 Å². The van der Waals surface area contributed by atoms with Gasteiger partial charge in [-0.3, -0.25) is 9.59 Å². The van der Waals surface area contributed by atoms with E-state index in [0.29, 0.717) is 38.9 Å². The van der Waals surface area contributed by atoms with Gasteiger partial charge in [0.25, 0.3) is 0 Å². The molecule has 0 aromatic heterocycles. The SMILES string of the molecule is C=O.CC(C)CCCCCCCOC(=O)CCCCC(=O)OCCCCCCCC(C)C.[O-]S[O-].[Zn+2]. The van der Waals surface area contributed by atoms with Crippen molar-refractivity contribution in [1.29, 1.82) is 0 Å². The number of hydrogen-bond acceptors (Lipinski definition) is 8. The Balaban J connectivity index is -0.000000788. The Kier molecular flexibility index (Phi) is 43.4. The first-order valence-corrected chi connectivity index (χ1v) is 14.0. The topological polar surface area (TPSA) is 116 Å². The summed E-state index contributed by atoms with van der Waals surface area (Å²) in [5, 5.41) is 0. The minimum atomic E-state index is -0.750. The van der Waals surface area contributed by atoms with E-state index >= 15 is 0 Å². The molecule has 0 aliphatic heterocycles. The Morgan fingerprint density at radius 1 is 0.611 bits per heavy atom. The molecule has 0 unspecified atom stereocenters. The zero-order valence-corrected chi connectivity index (χ0v) is 27.3. The molecule has 0 saturated heterocycles. The molecule has 0 heterocycles. The van der Waals surface area contributed by atoms with Crippen molar-refractivity contribution in [3.63, 3.8) is 0 Å². The van der Waals surface area contributed by atoms with Crippen LogP contribution in [0.15, 0.2) is 0 Å². The average Bonchev–Trinajstić information content (AvgIpc) is 2.81. The van der Waals surface area contributed by atoms with Gasteiger partial charge in [0.1, 0.15) is 6.79 Å². The van der Waals surface area contributed by atoms with E-state index in [4.69, 9.17) is 23.4 Å². The van der Waals surface area contributed by atoms with Crippen molar-refractivity contribution in [2.24, 2.45) is 11.8 Å². The fraction of sp³-hybridized carbons (Fsp3) is 0.889. The van der Waals surface area contributed by atoms with E-state index in [9.17, 15) is 9.59 Å². The zero-order valence-electron chi connectivity index (χ0n) is 23.6. The van der Waals surface area contributed by atoms with Crippen LogP contribution in [0.2, 0.25) is 0 Å². The number of hydrogen-bond donors (Lipinski definition) is 0. The molecule has 9 heteroatoms. The molecule has 0 atom stereocenters. The summed E-state index contributed by atoms with van der Waals surface area (Å²) in [6.07, 6.45) is 16.6. The Hall–Kier alpha value is -0.497. The van der Waals surface area contributed by atoms with Crippen molar-refractivity contribution >= 4 is 31.1 Å². The maximum absolute atomic E-state index is 11.7. The fourth-order valence-corrected chi connectivity index (χ4v) is 3.42. The summed E-state index contributed by atoms with van der Waals surface area (Å²) in [5.74, 6) is 1.31. The number of esters is 2. The predicted octanol–water partition coefficient (Wildman–Crippen LogP) is 7.42. The van der Waals surface area contributed by atoms with Gasteiger partial charge in [-0.2, -0.15) is 0 Å². The third-order valence-corrected chi connectivity index (χ3v) is 5.39. The maximum atomic E-state index is 11.7. The summed E-state index contributed by atoms with van der Waals surface area (Å²) in [6, 6.07) is 0. The smallest absolute Gasteiger partial charge is 0.811 e. The van der Waals surface area contributed by atoms with Crippen molar-refractivity contribution < 1.29 is 52.4 Å². The molecule has 0 amide bonds. The van der Waals surface area contributed by atoms with Gasteiger partial charge in [0.15, 0.2) is 0 Å². The second-order valence-electron chi connectivity index (χ2n) is 9.62. The Bertz CT molecular complexity index is 414.